The van der Waals surface area contributed by atoms with Gasteiger partial charge in [-0.15, -0.1) is 0 Å². The molecule has 0 radical (unpaired) electrons. The highest BCUT2D eigenvalue weighted by Crippen LogP contribution is 2.26. The SMILES string of the molecule is Cc1[nH]c2ccccc2c1CN1CCC(CCN)CC1. The van der Waals surface area contributed by atoms with Gasteiger partial charge < -0.3 is 10.7 Å². The van der Waals surface area contributed by atoms with Crippen molar-refractivity contribution in [3.63, 3.8) is 0 Å². The van der Waals surface area contributed by atoms with E-state index < -0.39 is 0 Å². The molecule has 3 heteroatoms. The van der Waals surface area contributed by atoms with Gasteiger partial charge in [0.1, 0.15) is 0 Å². The minimum Gasteiger partial charge on any atom is -0.358 e. The number of piperidine rings is 1. The zero-order valence-electron chi connectivity index (χ0n) is 12.4. The molecule has 0 amide bonds. The van der Waals surface area contributed by atoms with Crippen molar-refractivity contribution in [1.29, 1.82) is 0 Å². The van der Waals surface area contributed by atoms with Gasteiger partial charge in [-0.1, -0.05) is 18.2 Å². The Labute approximate surface area is 121 Å². The number of rotatable bonds is 4. The molecule has 0 saturated carbocycles. The minimum atomic E-state index is 0.840. The first kappa shape index (κ1) is 13.7. The summed E-state index contributed by atoms with van der Waals surface area (Å²) in [6.45, 7) is 6.53. The van der Waals surface area contributed by atoms with Gasteiger partial charge in [-0.2, -0.15) is 0 Å². The number of benzene rings is 1. The van der Waals surface area contributed by atoms with E-state index in [0.29, 0.717) is 0 Å². The van der Waals surface area contributed by atoms with Crippen LogP contribution in [0.3, 0.4) is 0 Å². The predicted molar refractivity (Wildman–Crippen MR) is 84.7 cm³/mol. The lowest BCUT2D eigenvalue weighted by atomic mass is 9.93. The van der Waals surface area contributed by atoms with Gasteiger partial charge in [0.15, 0.2) is 0 Å². The number of hydrogen-bond donors (Lipinski definition) is 2. The molecule has 108 valence electrons. The van der Waals surface area contributed by atoms with Gasteiger partial charge in [0.05, 0.1) is 0 Å². The summed E-state index contributed by atoms with van der Waals surface area (Å²) >= 11 is 0. The third kappa shape index (κ3) is 2.74. The van der Waals surface area contributed by atoms with Crippen molar-refractivity contribution in [3.05, 3.63) is 35.5 Å². The molecule has 0 aliphatic carbocycles. The van der Waals surface area contributed by atoms with E-state index in [1.54, 1.807) is 0 Å². The Bertz CT molecular complexity index is 565. The fourth-order valence-corrected chi connectivity index (χ4v) is 3.43. The van der Waals surface area contributed by atoms with E-state index in [2.05, 4.69) is 41.1 Å². The van der Waals surface area contributed by atoms with E-state index in [1.165, 1.54) is 54.5 Å². The van der Waals surface area contributed by atoms with Gasteiger partial charge in [0.2, 0.25) is 0 Å². The van der Waals surface area contributed by atoms with Crippen LogP contribution in [0.1, 0.15) is 30.5 Å². The first-order chi connectivity index (χ1) is 9.78. The van der Waals surface area contributed by atoms with Crippen LogP contribution < -0.4 is 5.73 Å². The molecule has 2 heterocycles. The highest BCUT2D eigenvalue weighted by atomic mass is 15.1. The highest BCUT2D eigenvalue weighted by molar-refractivity contribution is 5.84. The topological polar surface area (TPSA) is 45.0 Å². The molecule has 0 atom stereocenters. The van der Waals surface area contributed by atoms with Crippen LogP contribution in [0.25, 0.3) is 10.9 Å². The zero-order valence-corrected chi connectivity index (χ0v) is 12.4. The van der Waals surface area contributed by atoms with Crippen molar-refractivity contribution in [2.24, 2.45) is 11.7 Å². The number of aryl methyl sites for hydroxylation is 1. The van der Waals surface area contributed by atoms with E-state index in [1.807, 2.05) is 0 Å². The maximum absolute atomic E-state index is 5.67. The number of nitrogens with zero attached hydrogens (tertiary/aromatic N) is 1. The number of nitrogens with one attached hydrogen (secondary N) is 1. The van der Waals surface area contributed by atoms with Crippen molar-refractivity contribution < 1.29 is 0 Å². The monoisotopic (exact) mass is 271 g/mol. The molecule has 3 N–H and O–H groups in total. The maximum Gasteiger partial charge on any atom is 0.0459 e. The Morgan fingerprint density at radius 3 is 2.75 bits per heavy atom. The fourth-order valence-electron chi connectivity index (χ4n) is 3.43. The average molecular weight is 271 g/mol. The van der Waals surface area contributed by atoms with Crippen molar-refractivity contribution in [3.8, 4) is 0 Å². The standard InChI is InChI=1S/C17H25N3/c1-13-16(15-4-2-3-5-17(15)19-13)12-20-10-7-14(6-9-18)8-11-20/h2-5,14,19H,6-12,18H2,1H3. The molecule has 0 unspecified atom stereocenters. The molecule has 1 aliphatic rings. The quantitative estimate of drug-likeness (QED) is 0.897. The number of aromatic amines is 1. The molecule has 1 fully saturated rings. The summed E-state index contributed by atoms with van der Waals surface area (Å²) in [5.74, 6) is 0.848. The van der Waals surface area contributed by atoms with Gasteiger partial charge in [-0.3, -0.25) is 4.90 Å². The molecule has 3 rings (SSSR count). The molecular formula is C17H25N3. The second-order valence-corrected chi connectivity index (χ2v) is 6.07. The van der Waals surface area contributed by atoms with Crippen molar-refractivity contribution in [1.82, 2.24) is 9.88 Å². The molecule has 0 bridgehead atoms. The lowest BCUT2D eigenvalue weighted by molar-refractivity contribution is 0.174. The van der Waals surface area contributed by atoms with Gasteiger partial charge in [0, 0.05) is 23.1 Å². The van der Waals surface area contributed by atoms with Crippen LogP contribution in [0.15, 0.2) is 24.3 Å². The number of hydrogen-bond acceptors (Lipinski definition) is 2. The zero-order chi connectivity index (χ0) is 13.9. The number of nitrogens with two attached hydrogens (primary N) is 1. The van der Waals surface area contributed by atoms with E-state index in [0.717, 1.165) is 19.0 Å². The molecular weight excluding hydrogens is 246 g/mol. The number of fused-ring (bicyclic) bond motifs is 1. The predicted octanol–water partition coefficient (Wildman–Crippen LogP) is 3.04. The lowest BCUT2D eigenvalue weighted by Crippen LogP contribution is -2.34. The summed E-state index contributed by atoms with van der Waals surface area (Å²) in [4.78, 5) is 6.10. The summed E-state index contributed by atoms with van der Waals surface area (Å²) in [6, 6.07) is 8.63. The van der Waals surface area contributed by atoms with Crippen LogP contribution in [0.2, 0.25) is 0 Å². The summed E-state index contributed by atoms with van der Waals surface area (Å²) in [5.41, 5.74) is 9.72. The Kier molecular flexibility index (Phi) is 4.08. The van der Waals surface area contributed by atoms with Gasteiger partial charge in [0.25, 0.3) is 0 Å². The normalized spacial score (nSPS) is 17.9. The summed E-state index contributed by atoms with van der Waals surface area (Å²) in [5, 5.41) is 1.38. The number of likely N-dealkylation sites (tertiary alicyclic amines) is 1. The average Bonchev–Trinajstić information content (AvgIpc) is 2.78. The van der Waals surface area contributed by atoms with Gasteiger partial charge >= 0.3 is 0 Å². The number of aromatic nitrogens is 1. The smallest absolute Gasteiger partial charge is 0.0459 e. The maximum atomic E-state index is 5.67. The Hall–Kier alpha value is -1.32. The van der Waals surface area contributed by atoms with Crippen LogP contribution in [-0.4, -0.2) is 29.5 Å². The summed E-state index contributed by atoms with van der Waals surface area (Å²) in [7, 11) is 0. The fraction of sp³-hybridized carbons (Fsp3) is 0.529. The first-order valence-electron chi connectivity index (χ1n) is 7.76. The van der Waals surface area contributed by atoms with Crippen LogP contribution in [0.5, 0.6) is 0 Å². The van der Waals surface area contributed by atoms with E-state index in [9.17, 15) is 0 Å². The molecule has 3 nitrogen and oxygen atoms in total. The molecule has 1 aromatic heterocycles. The second kappa shape index (κ2) is 5.98. The van der Waals surface area contributed by atoms with Gasteiger partial charge in [-0.05, 0) is 63.4 Å². The van der Waals surface area contributed by atoms with Crippen LogP contribution in [0, 0.1) is 12.8 Å². The molecule has 0 spiro atoms. The molecule has 20 heavy (non-hydrogen) atoms. The first-order valence-corrected chi connectivity index (χ1v) is 7.76. The number of para-hydroxylation sites is 1. The van der Waals surface area contributed by atoms with Crippen LogP contribution in [0.4, 0.5) is 0 Å². The molecule has 1 saturated heterocycles. The van der Waals surface area contributed by atoms with Crippen LogP contribution in [-0.2, 0) is 6.54 Å². The van der Waals surface area contributed by atoms with Gasteiger partial charge in [-0.25, -0.2) is 0 Å². The Morgan fingerprint density at radius 1 is 1.25 bits per heavy atom. The number of H-pyrrole nitrogens is 1. The van der Waals surface area contributed by atoms with E-state index >= 15 is 0 Å². The third-order valence-corrected chi connectivity index (χ3v) is 4.69. The Balaban J connectivity index is 1.70. The highest BCUT2D eigenvalue weighted by Gasteiger charge is 2.20. The second-order valence-electron chi connectivity index (χ2n) is 6.07. The van der Waals surface area contributed by atoms with Crippen molar-refractivity contribution >= 4 is 10.9 Å². The summed E-state index contributed by atoms with van der Waals surface area (Å²) < 4.78 is 0. The largest absolute Gasteiger partial charge is 0.358 e. The van der Waals surface area contributed by atoms with E-state index in [4.69, 9.17) is 5.73 Å². The molecule has 1 aromatic carbocycles. The van der Waals surface area contributed by atoms with Crippen molar-refractivity contribution in [2.45, 2.75) is 32.7 Å². The van der Waals surface area contributed by atoms with Crippen LogP contribution >= 0.6 is 0 Å². The van der Waals surface area contributed by atoms with E-state index in [-0.39, 0.29) is 0 Å². The third-order valence-electron chi connectivity index (χ3n) is 4.69. The van der Waals surface area contributed by atoms with Crippen molar-refractivity contribution in [2.75, 3.05) is 19.6 Å². The molecule has 2 aromatic rings. The molecule has 1 aliphatic heterocycles. The minimum absolute atomic E-state index is 0.840. The summed E-state index contributed by atoms with van der Waals surface area (Å²) in [6.07, 6.45) is 3.80. The lowest BCUT2D eigenvalue weighted by Gasteiger charge is -2.31. The Morgan fingerprint density at radius 2 is 2.00 bits per heavy atom.